The van der Waals surface area contributed by atoms with Gasteiger partial charge in [0.15, 0.2) is 18.3 Å². The SMILES string of the molecule is NC(=NCc1cccnc1OCC(F)F)Nc1ccccc1OC(F)(F)F. The Labute approximate surface area is 150 Å². The van der Waals surface area contributed by atoms with Crippen molar-refractivity contribution in [2.24, 2.45) is 10.7 Å². The first-order valence-electron chi connectivity index (χ1n) is 7.51. The van der Waals surface area contributed by atoms with Crippen molar-refractivity contribution in [3.8, 4) is 11.6 Å². The molecule has 146 valence electrons. The summed E-state index contributed by atoms with van der Waals surface area (Å²) >= 11 is 0. The van der Waals surface area contributed by atoms with E-state index in [1.807, 2.05) is 0 Å². The van der Waals surface area contributed by atoms with Crippen LogP contribution in [0.2, 0.25) is 0 Å². The molecule has 11 heteroatoms. The quantitative estimate of drug-likeness (QED) is 0.429. The number of rotatable bonds is 7. The summed E-state index contributed by atoms with van der Waals surface area (Å²) in [5.74, 6) is -0.725. The number of pyridine rings is 1. The number of nitrogens with zero attached hydrogens (tertiary/aromatic N) is 2. The van der Waals surface area contributed by atoms with E-state index in [0.29, 0.717) is 5.56 Å². The summed E-state index contributed by atoms with van der Waals surface area (Å²) in [7, 11) is 0. The van der Waals surface area contributed by atoms with Gasteiger partial charge < -0.3 is 20.5 Å². The molecule has 0 radical (unpaired) electrons. The number of aliphatic imine (C=N–C) groups is 1. The van der Waals surface area contributed by atoms with Crippen molar-refractivity contribution < 1.29 is 31.4 Å². The smallest absolute Gasteiger partial charge is 0.471 e. The molecule has 0 unspecified atom stereocenters. The second-order valence-electron chi connectivity index (χ2n) is 5.04. The van der Waals surface area contributed by atoms with Crippen LogP contribution in [-0.4, -0.2) is 30.3 Å². The van der Waals surface area contributed by atoms with E-state index in [1.165, 1.54) is 24.4 Å². The summed E-state index contributed by atoms with van der Waals surface area (Å²) in [5.41, 5.74) is 6.01. The zero-order valence-corrected chi connectivity index (χ0v) is 13.7. The Bertz CT molecular complexity index is 783. The molecule has 2 aromatic rings. The predicted octanol–water partition coefficient (Wildman–Crippen LogP) is 3.55. The van der Waals surface area contributed by atoms with Crippen LogP contribution < -0.4 is 20.5 Å². The summed E-state index contributed by atoms with van der Waals surface area (Å²) in [6.07, 6.45) is -6.17. The van der Waals surface area contributed by atoms with Crippen LogP contribution in [0.3, 0.4) is 0 Å². The molecule has 0 saturated carbocycles. The molecular weight excluding hydrogens is 375 g/mol. The summed E-state index contributed by atoms with van der Waals surface area (Å²) < 4.78 is 70.6. The molecule has 0 aliphatic heterocycles. The Morgan fingerprint density at radius 2 is 1.93 bits per heavy atom. The molecule has 0 aliphatic rings. The number of ether oxygens (including phenoxy) is 2. The average Bonchev–Trinajstić information content (AvgIpc) is 2.59. The fourth-order valence-electron chi connectivity index (χ4n) is 1.95. The van der Waals surface area contributed by atoms with Crippen LogP contribution >= 0.6 is 0 Å². The van der Waals surface area contributed by atoms with Crippen LogP contribution in [0.15, 0.2) is 47.6 Å². The second kappa shape index (κ2) is 9.01. The van der Waals surface area contributed by atoms with Crippen molar-refractivity contribution in [1.29, 1.82) is 0 Å². The van der Waals surface area contributed by atoms with E-state index in [0.717, 1.165) is 6.07 Å². The van der Waals surface area contributed by atoms with Gasteiger partial charge in [-0.15, -0.1) is 13.2 Å². The maximum atomic E-state index is 12.4. The van der Waals surface area contributed by atoms with Gasteiger partial charge in [-0.1, -0.05) is 18.2 Å². The summed E-state index contributed by atoms with van der Waals surface area (Å²) in [4.78, 5) is 7.79. The van der Waals surface area contributed by atoms with Crippen molar-refractivity contribution >= 4 is 11.6 Å². The molecule has 0 saturated heterocycles. The highest BCUT2D eigenvalue weighted by molar-refractivity contribution is 5.93. The van der Waals surface area contributed by atoms with Gasteiger partial charge in [-0.25, -0.2) is 18.8 Å². The van der Waals surface area contributed by atoms with E-state index in [9.17, 15) is 22.0 Å². The molecule has 3 N–H and O–H groups in total. The molecule has 0 aliphatic carbocycles. The highest BCUT2D eigenvalue weighted by atomic mass is 19.4. The maximum Gasteiger partial charge on any atom is 0.573 e. The van der Waals surface area contributed by atoms with E-state index in [4.69, 9.17) is 10.5 Å². The Morgan fingerprint density at radius 3 is 2.63 bits per heavy atom. The van der Waals surface area contributed by atoms with E-state index in [-0.39, 0.29) is 24.1 Å². The topological polar surface area (TPSA) is 81.8 Å². The standard InChI is InChI=1S/C16H15F5N4O2/c17-13(18)9-26-14-10(4-3-7-23-14)8-24-15(22)25-11-5-1-2-6-12(11)27-16(19,20)21/h1-7,13H,8-9H2,(H3,22,24,25). The first-order chi connectivity index (χ1) is 12.7. The number of anilines is 1. The van der Waals surface area contributed by atoms with E-state index in [1.54, 1.807) is 12.1 Å². The van der Waals surface area contributed by atoms with Gasteiger partial charge in [-0.2, -0.15) is 0 Å². The molecule has 1 aromatic heterocycles. The van der Waals surface area contributed by atoms with Gasteiger partial charge in [-0.05, 0) is 18.2 Å². The molecule has 0 spiro atoms. The second-order valence-corrected chi connectivity index (χ2v) is 5.04. The number of aromatic nitrogens is 1. The zero-order valence-electron chi connectivity index (χ0n) is 13.7. The molecule has 6 nitrogen and oxygen atoms in total. The number of guanidine groups is 1. The van der Waals surface area contributed by atoms with Crippen molar-refractivity contribution in [2.45, 2.75) is 19.3 Å². The number of nitrogens with one attached hydrogen (secondary N) is 1. The fourth-order valence-corrected chi connectivity index (χ4v) is 1.95. The Hall–Kier alpha value is -3.11. The maximum absolute atomic E-state index is 12.4. The first kappa shape index (κ1) is 20.2. The Kier molecular flexibility index (Phi) is 6.74. The van der Waals surface area contributed by atoms with Gasteiger partial charge in [0, 0.05) is 11.8 Å². The molecule has 1 aromatic carbocycles. The molecule has 0 amide bonds. The van der Waals surface area contributed by atoms with Crippen molar-refractivity contribution in [1.82, 2.24) is 4.98 Å². The van der Waals surface area contributed by atoms with E-state index < -0.39 is 25.1 Å². The number of benzene rings is 1. The van der Waals surface area contributed by atoms with Crippen LogP contribution in [0.5, 0.6) is 11.6 Å². The molecular formula is C16H15F5N4O2. The van der Waals surface area contributed by atoms with Crippen LogP contribution in [-0.2, 0) is 6.54 Å². The van der Waals surface area contributed by atoms with Crippen molar-refractivity contribution in [2.75, 3.05) is 11.9 Å². The number of halogens is 5. The van der Waals surface area contributed by atoms with Gasteiger partial charge in [-0.3, -0.25) is 0 Å². The largest absolute Gasteiger partial charge is 0.573 e. The third kappa shape index (κ3) is 6.96. The summed E-state index contributed by atoms with van der Waals surface area (Å²) in [6, 6.07) is 8.38. The highest BCUT2D eigenvalue weighted by Gasteiger charge is 2.32. The lowest BCUT2D eigenvalue weighted by Gasteiger charge is -2.14. The minimum absolute atomic E-state index is 0.0323. The third-order valence-electron chi connectivity index (χ3n) is 2.99. The van der Waals surface area contributed by atoms with Crippen LogP contribution in [0.1, 0.15) is 5.56 Å². The molecule has 0 atom stereocenters. The van der Waals surface area contributed by atoms with Gasteiger partial charge in [0.1, 0.15) is 0 Å². The highest BCUT2D eigenvalue weighted by Crippen LogP contribution is 2.29. The molecule has 1 heterocycles. The van der Waals surface area contributed by atoms with Crippen LogP contribution in [0, 0.1) is 0 Å². The molecule has 0 fully saturated rings. The van der Waals surface area contributed by atoms with E-state index >= 15 is 0 Å². The summed E-state index contributed by atoms with van der Waals surface area (Å²) in [5, 5.41) is 2.49. The van der Waals surface area contributed by atoms with Crippen molar-refractivity contribution in [3.63, 3.8) is 0 Å². The lowest BCUT2D eigenvalue weighted by atomic mass is 10.3. The molecule has 2 rings (SSSR count). The van der Waals surface area contributed by atoms with Crippen LogP contribution in [0.4, 0.5) is 27.6 Å². The predicted molar refractivity (Wildman–Crippen MR) is 87.8 cm³/mol. The zero-order chi connectivity index (χ0) is 19.9. The van der Waals surface area contributed by atoms with Crippen LogP contribution in [0.25, 0.3) is 0 Å². The number of nitrogens with two attached hydrogens (primary N) is 1. The number of hydrogen-bond acceptors (Lipinski definition) is 4. The summed E-state index contributed by atoms with van der Waals surface area (Å²) in [6.45, 7) is -0.919. The molecule has 27 heavy (non-hydrogen) atoms. The first-order valence-corrected chi connectivity index (χ1v) is 7.51. The lowest BCUT2D eigenvalue weighted by molar-refractivity contribution is -0.274. The van der Waals surface area contributed by atoms with Gasteiger partial charge in [0.05, 0.1) is 12.2 Å². The minimum Gasteiger partial charge on any atom is -0.471 e. The Balaban J connectivity index is 2.08. The number of para-hydroxylation sites is 2. The minimum atomic E-state index is -4.86. The van der Waals surface area contributed by atoms with Gasteiger partial charge in [0.25, 0.3) is 6.43 Å². The average molecular weight is 390 g/mol. The van der Waals surface area contributed by atoms with E-state index in [2.05, 4.69) is 20.0 Å². The van der Waals surface area contributed by atoms with Crippen molar-refractivity contribution in [3.05, 3.63) is 48.2 Å². The lowest BCUT2D eigenvalue weighted by Crippen LogP contribution is -2.24. The Morgan fingerprint density at radius 1 is 1.19 bits per heavy atom. The molecule has 0 bridgehead atoms. The van der Waals surface area contributed by atoms with Gasteiger partial charge in [0.2, 0.25) is 5.88 Å². The number of alkyl halides is 5. The monoisotopic (exact) mass is 390 g/mol. The number of hydrogen-bond donors (Lipinski definition) is 2. The normalized spacial score (nSPS) is 12.1. The fraction of sp³-hybridized carbons (Fsp3) is 0.250. The third-order valence-corrected chi connectivity index (χ3v) is 2.99. The van der Waals surface area contributed by atoms with Gasteiger partial charge >= 0.3 is 6.36 Å².